The van der Waals surface area contributed by atoms with Crippen LogP contribution in [-0.2, 0) is 20.1 Å². The Bertz CT molecular complexity index is 2070. The summed E-state index contributed by atoms with van der Waals surface area (Å²) in [5.74, 6) is 0.244. The molecule has 0 saturated heterocycles. The number of hydrogen-bond acceptors (Lipinski definition) is 3. The second kappa shape index (κ2) is 14.3. The Labute approximate surface area is 289 Å². The van der Waals surface area contributed by atoms with Crippen molar-refractivity contribution in [3.8, 4) is 33.6 Å². The number of nitrogens with zero attached hydrogens (tertiary/aromatic N) is 2. The molecule has 3 aromatic heterocycles. The first kappa shape index (κ1) is 33.6. The summed E-state index contributed by atoms with van der Waals surface area (Å²) in [4.78, 5) is 9.08. The van der Waals surface area contributed by atoms with Crippen molar-refractivity contribution in [2.24, 2.45) is 0 Å². The number of fused-ring (bicyclic) bond motifs is 3. The van der Waals surface area contributed by atoms with E-state index in [0.29, 0.717) is 5.92 Å². The molecule has 2 nitrogen and oxygen atoms in total. The number of aromatic nitrogens is 2. The minimum Gasteiger partial charge on any atom is -0.305 e. The SMILES string of the molecule is CC(C)c1ccnc(-c2[c-]c3sc4cccc(-c5ccc(F)cc5)c4c3cc2)c1.C[Si](C)(C)c1ccc(-c2[c-]cccc2)nc1.[Ir]. The van der Waals surface area contributed by atoms with Crippen molar-refractivity contribution < 1.29 is 24.5 Å². The fourth-order valence-electron chi connectivity index (χ4n) is 5.28. The maximum absolute atomic E-state index is 13.4. The van der Waals surface area contributed by atoms with Gasteiger partial charge in [0.05, 0.1) is 8.07 Å². The van der Waals surface area contributed by atoms with Crippen LogP contribution in [0.5, 0.6) is 0 Å². The number of benzene rings is 4. The van der Waals surface area contributed by atoms with Crippen LogP contribution in [-0.4, -0.2) is 18.0 Å². The first-order valence-corrected chi connectivity index (χ1v) is 19.5. The minimum absolute atomic E-state index is 0. The van der Waals surface area contributed by atoms with Crippen LogP contribution in [0.3, 0.4) is 0 Å². The Hall–Kier alpha value is -3.80. The molecule has 0 bridgehead atoms. The summed E-state index contributed by atoms with van der Waals surface area (Å²) in [6, 6.07) is 40.5. The summed E-state index contributed by atoms with van der Waals surface area (Å²) in [7, 11) is -1.23. The second-order valence-corrected chi connectivity index (χ2v) is 18.6. The van der Waals surface area contributed by atoms with Crippen LogP contribution in [0.1, 0.15) is 25.3 Å². The van der Waals surface area contributed by atoms with Gasteiger partial charge in [0, 0.05) is 37.2 Å². The molecule has 0 amide bonds. The molecule has 1 radical (unpaired) electrons. The Kier molecular flexibility index (Phi) is 10.4. The molecule has 0 N–H and O–H groups in total. The molecule has 0 atom stereocenters. The average molecular weight is 815 g/mol. The van der Waals surface area contributed by atoms with Crippen LogP contribution in [0.2, 0.25) is 19.6 Å². The predicted octanol–water partition coefficient (Wildman–Crippen LogP) is 10.9. The fraction of sp³-hybridized carbons (Fsp3) is 0.150. The molecule has 7 rings (SSSR count). The number of thiophene rings is 1. The molecular formula is C40H35FIrN2SSi-2. The van der Waals surface area contributed by atoms with Gasteiger partial charge in [0.25, 0.3) is 0 Å². The summed E-state index contributed by atoms with van der Waals surface area (Å²) < 4.78 is 15.7. The summed E-state index contributed by atoms with van der Waals surface area (Å²) >= 11 is 1.74. The molecule has 0 spiro atoms. The molecule has 233 valence electrons. The average Bonchev–Trinajstić information content (AvgIpc) is 3.44. The van der Waals surface area contributed by atoms with E-state index in [9.17, 15) is 4.39 Å². The predicted molar refractivity (Wildman–Crippen MR) is 192 cm³/mol. The van der Waals surface area contributed by atoms with Gasteiger partial charge in [-0.1, -0.05) is 86.9 Å². The normalized spacial score (nSPS) is 11.3. The summed E-state index contributed by atoms with van der Waals surface area (Å²) in [6.45, 7) is 11.4. The standard InChI is InChI=1S/C26H19FNS.C14H16NSi.Ir/c1-16(2)18-12-13-28-23(14-18)19-8-11-22-25(15-19)29-24-5-3-4-21(26(22)24)17-6-9-20(27)10-7-17;1-16(2,3)13-9-10-14(15-11-13)12-7-5-4-6-8-12;/h3-14,16H,1-2H3;4-7,9-11H,1-3H3;/q2*-1;. The topological polar surface area (TPSA) is 25.8 Å². The van der Waals surface area contributed by atoms with Gasteiger partial charge in [-0.3, -0.25) is 0 Å². The fourth-order valence-corrected chi connectivity index (χ4v) is 7.44. The summed E-state index contributed by atoms with van der Waals surface area (Å²) in [6.07, 6.45) is 3.89. The molecule has 6 heteroatoms. The molecule has 0 unspecified atom stereocenters. The van der Waals surface area contributed by atoms with Crippen LogP contribution < -0.4 is 5.19 Å². The van der Waals surface area contributed by atoms with Gasteiger partial charge in [-0.2, -0.15) is 11.3 Å². The van der Waals surface area contributed by atoms with Gasteiger partial charge >= 0.3 is 0 Å². The van der Waals surface area contributed by atoms with E-state index in [-0.39, 0.29) is 25.9 Å². The van der Waals surface area contributed by atoms with Crippen molar-refractivity contribution in [1.82, 2.24) is 9.97 Å². The quantitative estimate of drug-likeness (QED) is 0.128. The maximum Gasteiger partial charge on any atom is 0.123 e. The van der Waals surface area contributed by atoms with E-state index < -0.39 is 8.07 Å². The third-order valence-corrected chi connectivity index (χ3v) is 11.0. The zero-order valence-corrected chi connectivity index (χ0v) is 30.8. The molecule has 0 saturated carbocycles. The van der Waals surface area contributed by atoms with Crippen LogP contribution in [0.15, 0.2) is 116 Å². The van der Waals surface area contributed by atoms with Gasteiger partial charge in [0.2, 0.25) is 0 Å². The Morgan fingerprint density at radius 1 is 0.783 bits per heavy atom. The number of rotatable bonds is 5. The van der Waals surface area contributed by atoms with E-state index in [2.05, 4.69) is 110 Å². The van der Waals surface area contributed by atoms with E-state index >= 15 is 0 Å². The van der Waals surface area contributed by atoms with Crippen molar-refractivity contribution >= 4 is 44.8 Å². The Morgan fingerprint density at radius 3 is 2.26 bits per heavy atom. The smallest absolute Gasteiger partial charge is 0.123 e. The third-order valence-electron chi connectivity index (χ3n) is 7.91. The van der Waals surface area contributed by atoms with Gasteiger partial charge < -0.3 is 9.97 Å². The van der Waals surface area contributed by atoms with E-state index in [1.54, 1.807) is 11.3 Å². The number of halogens is 1. The second-order valence-electron chi connectivity index (χ2n) is 12.5. The van der Waals surface area contributed by atoms with Gasteiger partial charge in [-0.15, -0.1) is 59.7 Å². The van der Waals surface area contributed by atoms with Gasteiger partial charge in [0.15, 0.2) is 0 Å². The van der Waals surface area contributed by atoms with Crippen LogP contribution >= 0.6 is 11.3 Å². The molecule has 3 heterocycles. The van der Waals surface area contributed by atoms with Crippen LogP contribution in [0, 0.1) is 17.9 Å². The molecule has 0 aliphatic rings. The van der Waals surface area contributed by atoms with Gasteiger partial charge in [-0.05, 0) is 68.0 Å². The molecule has 7 aromatic rings. The monoisotopic (exact) mass is 815 g/mol. The Balaban J connectivity index is 0.000000209. The van der Waals surface area contributed by atoms with Gasteiger partial charge in [0.1, 0.15) is 5.82 Å². The largest absolute Gasteiger partial charge is 0.305 e. The molecule has 0 aliphatic carbocycles. The van der Waals surface area contributed by atoms with E-state index in [1.165, 1.54) is 38.4 Å². The van der Waals surface area contributed by atoms with Crippen molar-refractivity contribution in [2.45, 2.75) is 39.4 Å². The summed E-state index contributed by atoms with van der Waals surface area (Å²) in [5, 5.41) is 3.77. The van der Waals surface area contributed by atoms with Crippen LogP contribution in [0.4, 0.5) is 4.39 Å². The van der Waals surface area contributed by atoms with E-state index in [4.69, 9.17) is 0 Å². The maximum atomic E-state index is 13.4. The van der Waals surface area contributed by atoms with Crippen molar-refractivity contribution in [1.29, 1.82) is 0 Å². The summed E-state index contributed by atoms with van der Waals surface area (Å²) in [5.41, 5.74) is 7.44. The first-order valence-electron chi connectivity index (χ1n) is 15.2. The zero-order valence-electron chi connectivity index (χ0n) is 26.6. The molecule has 0 fully saturated rings. The van der Waals surface area contributed by atoms with Crippen molar-refractivity contribution in [2.75, 3.05) is 0 Å². The molecule has 4 aromatic carbocycles. The first-order chi connectivity index (χ1) is 21.7. The minimum atomic E-state index is -1.23. The number of pyridine rings is 2. The molecule has 46 heavy (non-hydrogen) atoms. The zero-order chi connectivity index (χ0) is 31.6. The van der Waals surface area contributed by atoms with Crippen molar-refractivity contribution in [3.05, 3.63) is 139 Å². The number of hydrogen-bond donors (Lipinski definition) is 0. The van der Waals surface area contributed by atoms with Crippen LogP contribution in [0.25, 0.3) is 53.8 Å². The molecule has 0 aliphatic heterocycles. The third kappa shape index (κ3) is 7.43. The molecular weight excluding hydrogens is 780 g/mol. The Morgan fingerprint density at radius 2 is 1.59 bits per heavy atom. The van der Waals surface area contributed by atoms with E-state index in [1.807, 2.05) is 48.8 Å². The van der Waals surface area contributed by atoms with E-state index in [0.717, 1.165) is 38.3 Å². The van der Waals surface area contributed by atoms with Gasteiger partial charge in [-0.25, -0.2) is 4.39 Å². The van der Waals surface area contributed by atoms with Crippen molar-refractivity contribution in [3.63, 3.8) is 0 Å².